The summed E-state index contributed by atoms with van der Waals surface area (Å²) in [5.41, 5.74) is 0. The number of amides is 2. The molecule has 0 spiro atoms. The minimum atomic E-state index is -0.0147. The van der Waals surface area contributed by atoms with E-state index in [0.29, 0.717) is 25.4 Å². The van der Waals surface area contributed by atoms with Crippen LogP contribution in [0.3, 0.4) is 0 Å². The molecule has 0 unspecified atom stereocenters. The molecule has 0 aliphatic carbocycles. The molecule has 0 saturated carbocycles. The van der Waals surface area contributed by atoms with E-state index in [1.165, 1.54) is 11.3 Å². The van der Waals surface area contributed by atoms with Gasteiger partial charge in [-0.05, 0) is 43.6 Å². The number of aliphatic imine (C=N–C) groups is 1. The first-order chi connectivity index (χ1) is 13.1. The lowest BCUT2D eigenvalue weighted by Gasteiger charge is -2.34. The summed E-state index contributed by atoms with van der Waals surface area (Å²) in [6, 6.07) is 3.71. The number of halogens is 1. The van der Waals surface area contributed by atoms with Crippen LogP contribution in [-0.2, 0) is 4.79 Å². The van der Waals surface area contributed by atoms with E-state index in [9.17, 15) is 9.59 Å². The molecule has 3 N–H and O–H groups in total. The van der Waals surface area contributed by atoms with E-state index in [1.807, 2.05) is 17.5 Å². The van der Waals surface area contributed by atoms with E-state index in [1.54, 1.807) is 7.05 Å². The molecule has 0 radical (unpaired) electrons. The Kier molecular flexibility index (Phi) is 12.1. The normalized spacial score (nSPS) is 14.9. The lowest BCUT2D eigenvalue weighted by Crippen LogP contribution is -2.46. The van der Waals surface area contributed by atoms with E-state index >= 15 is 0 Å². The Morgan fingerprint density at radius 3 is 2.64 bits per heavy atom. The smallest absolute Gasteiger partial charge is 0.261 e. The van der Waals surface area contributed by atoms with Crippen LogP contribution in [0, 0.1) is 5.92 Å². The maximum Gasteiger partial charge on any atom is 0.261 e. The van der Waals surface area contributed by atoms with Gasteiger partial charge in [0.2, 0.25) is 5.91 Å². The lowest BCUT2D eigenvalue weighted by atomic mass is 9.93. The highest BCUT2D eigenvalue weighted by Gasteiger charge is 2.22. The standard InChI is InChI=1S/C19H31N5O2S.HI/c1-3-21-19(24-11-7-15(8-12-24)14-17(25)20-2)23-10-5-9-22-18(26)16-6-4-13-27-16;/h4,6,13,15H,3,5,7-12,14H2,1-2H3,(H,20,25)(H,21,23)(H,22,26);1H. The van der Waals surface area contributed by atoms with Crippen molar-refractivity contribution in [3.05, 3.63) is 22.4 Å². The van der Waals surface area contributed by atoms with Gasteiger partial charge < -0.3 is 20.9 Å². The van der Waals surface area contributed by atoms with E-state index < -0.39 is 0 Å². The van der Waals surface area contributed by atoms with Crippen LogP contribution in [-0.4, -0.2) is 62.4 Å². The predicted molar refractivity (Wildman–Crippen MR) is 126 cm³/mol. The molecular weight excluding hydrogens is 489 g/mol. The summed E-state index contributed by atoms with van der Waals surface area (Å²) in [7, 11) is 1.69. The van der Waals surface area contributed by atoms with Gasteiger partial charge in [0.05, 0.1) is 4.88 Å². The zero-order valence-corrected chi connectivity index (χ0v) is 19.8. The molecule has 0 atom stereocenters. The average Bonchev–Trinajstić information content (AvgIpc) is 3.22. The molecule has 1 fully saturated rings. The van der Waals surface area contributed by atoms with Crippen molar-refractivity contribution in [1.29, 1.82) is 0 Å². The van der Waals surface area contributed by atoms with Crippen molar-refractivity contribution < 1.29 is 9.59 Å². The number of hydrogen-bond acceptors (Lipinski definition) is 4. The third kappa shape index (κ3) is 8.34. The van der Waals surface area contributed by atoms with E-state index in [4.69, 9.17) is 4.99 Å². The van der Waals surface area contributed by atoms with Gasteiger partial charge in [-0.15, -0.1) is 35.3 Å². The predicted octanol–water partition coefficient (Wildman–Crippen LogP) is 2.30. The summed E-state index contributed by atoms with van der Waals surface area (Å²) >= 11 is 1.45. The van der Waals surface area contributed by atoms with Crippen LogP contribution in [0.1, 0.15) is 42.3 Å². The maximum absolute atomic E-state index is 11.9. The number of thiophene rings is 1. The van der Waals surface area contributed by atoms with Crippen molar-refractivity contribution in [2.75, 3.05) is 39.8 Å². The second kappa shape index (κ2) is 13.8. The Labute approximate surface area is 188 Å². The highest BCUT2D eigenvalue weighted by atomic mass is 127. The van der Waals surface area contributed by atoms with Gasteiger partial charge in [0.15, 0.2) is 5.96 Å². The number of guanidine groups is 1. The largest absolute Gasteiger partial charge is 0.359 e. The van der Waals surface area contributed by atoms with Gasteiger partial charge in [-0.3, -0.25) is 14.6 Å². The van der Waals surface area contributed by atoms with Crippen LogP contribution >= 0.6 is 35.3 Å². The first kappa shape index (κ1) is 24.7. The summed E-state index contributed by atoms with van der Waals surface area (Å²) in [6.07, 6.45) is 3.44. The van der Waals surface area contributed by atoms with Crippen LogP contribution in [0.15, 0.2) is 22.5 Å². The molecule has 158 valence electrons. The molecule has 2 amide bonds. The van der Waals surface area contributed by atoms with E-state index in [-0.39, 0.29) is 35.8 Å². The Morgan fingerprint density at radius 1 is 1.29 bits per heavy atom. The monoisotopic (exact) mass is 521 g/mol. The molecule has 2 heterocycles. The first-order valence-corrected chi connectivity index (χ1v) is 10.6. The topological polar surface area (TPSA) is 85.8 Å². The van der Waals surface area contributed by atoms with Gasteiger partial charge in [-0.1, -0.05) is 6.07 Å². The highest BCUT2D eigenvalue weighted by molar-refractivity contribution is 14.0. The Balaban J connectivity index is 0.00000392. The number of nitrogens with zero attached hydrogens (tertiary/aromatic N) is 2. The molecule has 1 saturated heterocycles. The van der Waals surface area contributed by atoms with Crippen LogP contribution in [0.5, 0.6) is 0 Å². The van der Waals surface area contributed by atoms with Gasteiger partial charge in [0, 0.05) is 46.2 Å². The molecule has 0 bridgehead atoms. The third-order valence-electron chi connectivity index (χ3n) is 4.63. The summed E-state index contributed by atoms with van der Waals surface area (Å²) < 4.78 is 0. The molecule has 1 aromatic heterocycles. The van der Waals surface area contributed by atoms with Gasteiger partial charge in [-0.25, -0.2) is 0 Å². The van der Waals surface area contributed by atoms with Crippen LogP contribution in [0.4, 0.5) is 0 Å². The van der Waals surface area contributed by atoms with Crippen LogP contribution < -0.4 is 16.0 Å². The van der Waals surface area contributed by atoms with Crippen LogP contribution in [0.2, 0.25) is 0 Å². The fourth-order valence-corrected chi connectivity index (χ4v) is 3.74. The van der Waals surface area contributed by atoms with Gasteiger partial charge in [0.1, 0.15) is 0 Å². The quantitative estimate of drug-likeness (QED) is 0.212. The minimum Gasteiger partial charge on any atom is -0.359 e. The number of carbonyl (C=O) groups is 2. The van der Waals surface area contributed by atoms with Crippen molar-refractivity contribution in [1.82, 2.24) is 20.9 Å². The van der Waals surface area contributed by atoms with Crippen molar-refractivity contribution in [2.45, 2.75) is 32.6 Å². The summed E-state index contributed by atoms with van der Waals surface area (Å²) in [6.45, 7) is 6.02. The number of carbonyl (C=O) groups excluding carboxylic acids is 2. The number of rotatable bonds is 8. The van der Waals surface area contributed by atoms with Gasteiger partial charge in [0.25, 0.3) is 5.91 Å². The molecular formula is C19H32IN5O2S. The molecule has 28 heavy (non-hydrogen) atoms. The van der Waals surface area contributed by atoms with Gasteiger partial charge in [-0.2, -0.15) is 0 Å². The van der Waals surface area contributed by atoms with Crippen molar-refractivity contribution >= 4 is 53.1 Å². The first-order valence-electron chi connectivity index (χ1n) is 9.69. The maximum atomic E-state index is 11.9. The van der Waals surface area contributed by atoms with Gasteiger partial charge >= 0.3 is 0 Å². The average molecular weight is 521 g/mol. The number of nitrogens with one attached hydrogen (secondary N) is 3. The summed E-state index contributed by atoms with van der Waals surface area (Å²) in [5.74, 6) is 1.50. The molecule has 2 rings (SSSR count). The van der Waals surface area contributed by atoms with Crippen LogP contribution in [0.25, 0.3) is 0 Å². The SMILES string of the molecule is CCNC(=NCCCNC(=O)c1cccs1)N1CCC(CC(=O)NC)CC1.I. The number of piperidine rings is 1. The Bertz CT molecular complexity index is 616. The highest BCUT2D eigenvalue weighted by Crippen LogP contribution is 2.20. The Morgan fingerprint density at radius 2 is 2.04 bits per heavy atom. The summed E-state index contributed by atoms with van der Waals surface area (Å²) in [4.78, 5) is 31.1. The van der Waals surface area contributed by atoms with E-state index in [0.717, 1.165) is 49.7 Å². The fourth-order valence-electron chi connectivity index (χ4n) is 3.10. The number of hydrogen-bond donors (Lipinski definition) is 3. The third-order valence-corrected chi connectivity index (χ3v) is 5.50. The van der Waals surface area contributed by atoms with E-state index in [2.05, 4.69) is 27.8 Å². The molecule has 0 aromatic carbocycles. The van der Waals surface area contributed by atoms with Crippen molar-refractivity contribution in [2.24, 2.45) is 10.9 Å². The molecule has 9 heteroatoms. The van der Waals surface area contributed by atoms with Crippen molar-refractivity contribution in [3.63, 3.8) is 0 Å². The molecule has 1 aromatic rings. The minimum absolute atomic E-state index is 0. The molecule has 1 aliphatic rings. The Hall–Kier alpha value is -1.36. The summed E-state index contributed by atoms with van der Waals surface area (Å²) in [5, 5.41) is 10.9. The molecule has 7 nitrogen and oxygen atoms in total. The molecule has 1 aliphatic heterocycles. The van der Waals surface area contributed by atoms with Crippen molar-refractivity contribution in [3.8, 4) is 0 Å². The lowest BCUT2D eigenvalue weighted by molar-refractivity contribution is -0.121. The number of likely N-dealkylation sites (tertiary alicyclic amines) is 1. The zero-order valence-electron chi connectivity index (χ0n) is 16.7. The second-order valence-electron chi connectivity index (χ2n) is 6.63. The second-order valence-corrected chi connectivity index (χ2v) is 7.58. The zero-order chi connectivity index (χ0) is 19.5. The fraction of sp³-hybridized carbons (Fsp3) is 0.632.